The molecule has 0 saturated carbocycles. The summed E-state index contributed by atoms with van der Waals surface area (Å²) in [5, 5.41) is 0.913. The number of benzene rings is 1. The molecule has 0 radical (unpaired) electrons. The number of rotatable bonds is 3. The average Bonchev–Trinajstić information content (AvgIpc) is 3.07. The van der Waals surface area contributed by atoms with Gasteiger partial charge in [0.05, 0.1) is 12.5 Å². The van der Waals surface area contributed by atoms with Crippen molar-refractivity contribution in [1.29, 1.82) is 0 Å². The lowest BCUT2D eigenvalue weighted by molar-refractivity contribution is 0.399. The SMILES string of the molecule is COc1ccc2c(N(C)c3ccc4c(c3)CCC4)ncnc2n1. The zero-order valence-electron chi connectivity index (χ0n) is 13.3. The van der Waals surface area contributed by atoms with Crippen LogP contribution in [0.15, 0.2) is 36.7 Å². The van der Waals surface area contributed by atoms with E-state index in [2.05, 4.69) is 38.1 Å². The summed E-state index contributed by atoms with van der Waals surface area (Å²) < 4.78 is 5.17. The van der Waals surface area contributed by atoms with E-state index < -0.39 is 0 Å². The van der Waals surface area contributed by atoms with Crippen LogP contribution < -0.4 is 9.64 Å². The third kappa shape index (κ3) is 2.38. The fourth-order valence-electron chi connectivity index (χ4n) is 3.18. The second-order valence-electron chi connectivity index (χ2n) is 5.79. The lowest BCUT2D eigenvalue weighted by atomic mass is 10.1. The fraction of sp³-hybridized carbons (Fsp3) is 0.278. The molecule has 0 unspecified atom stereocenters. The van der Waals surface area contributed by atoms with Gasteiger partial charge in [-0.25, -0.2) is 9.97 Å². The first kappa shape index (κ1) is 13.9. The topological polar surface area (TPSA) is 51.1 Å². The molecule has 1 aliphatic carbocycles. The molecule has 0 bridgehead atoms. The van der Waals surface area contributed by atoms with Gasteiger partial charge in [-0.05, 0) is 48.6 Å². The molecule has 1 aliphatic rings. The number of methoxy groups -OCH3 is 1. The lowest BCUT2D eigenvalue weighted by Crippen LogP contribution is -2.12. The first-order valence-corrected chi connectivity index (χ1v) is 7.77. The lowest BCUT2D eigenvalue weighted by Gasteiger charge is -2.20. The molecule has 5 nitrogen and oxygen atoms in total. The van der Waals surface area contributed by atoms with Crippen LogP contribution in [0.25, 0.3) is 11.0 Å². The summed E-state index contributed by atoms with van der Waals surface area (Å²) in [5.74, 6) is 1.41. The van der Waals surface area contributed by atoms with Gasteiger partial charge in [0.15, 0.2) is 5.65 Å². The quantitative estimate of drug-likeness (QED) is 0.743. The van der Waals surface area contributed by atoms with Crippen LogP contribution >= 0.6 is 0 Å². The van der Waals surface area contributed by atoms with Crippen LogP contribution in [0.3, 0.4) is 0 Å². The molecule has 0 aliphatic heterocycles. The number of nitrogens with zero attached hydrogens (tertiary/aromatic N) is 4. The van der Waals surface area contributed by atoms with Crippen LogP contribution in [0.5, 0.6) is 5.88 Å². The molecule has 0 fully saturated rings. The van der Waals surface area contributed by atoms with E-state index in [4.69, 9.17) is 4.74 Å². The number of hydrogen-bond donors (Lipinski definition) is 0. The minimum atomic E-state index is 0.558. The number of aromatic nitrogens is 3. The van der Waals surface area contributed by atoms with Gasteiger partial charge in [-0.1, -0.05) is 6.07 Å². The van der Waals surface area contributed by atoms with Gasteiger partial charge in [0.2, 0.25) is 5.88 Å². The highest BCUT2D eigenvalue weighted by Gasteiger charge is 2.15. The molecule has 0 N–H and O–H groups in total. The molecule has 3 aromatic rings. The van der Waals surface area contributed by atoms with Gasteiger partial charge < -0.3 is 9.64 Å². The second-order valence-corrected chi connectivity index (χ2v) is 5.79. The summed E-state index contributed by atoms with van der Waals surface area (Å²) in [6, 6.07) is 10.5. The van der Waals surface area contributed by atoms with Crippen molar-refractivity contribution in [2.45, 2.75) is 19.3 Å². The highest BCUT2D eigenvalue weighted by Crippen LogP contribution is 2.31. The molecular weight excluding hydrogens is 288 g/mol. The Kier molecular flexibility index (Phi) is 3.33. The smallest absolute Gasteiger partial charge is 0.215 e. The van der Waals surface area contributed by atoms with E-state index in [1.807, 2.05) is 19.2 Å². The van der Waals surface area contributed by atoms with Gasteiger partial charge in [-0.3, -0.25) is 0 Å². The monoisotopic (exact) mass is 306 g/mol. The highest BCUT2D eigenvalue weighted by molar-refractivity contribution is 5.89. The molecule has 0 spiro atoms. The zero-order chi connectivity index (χ0) is 15.8. The molecule has 0 saturated heterocycles. The Morgan fingerprint density at radius 2 is 1.91 bits per heavy atom. The van der Waals surface area contributed by atoms with Gasteiger partial charge in [-0.2, -0.15) is 4.98 Å². The standard InChI is InChI=1S/C18H18N4O/c1-22(14-7-6-12-4-3-5-13(12)10-14)18-15-8-9-16(23-2)21-17(15)19-11-20-18/h6-11H,3-5H2,1-2H3. The van der Waals surface area contributed by atoms with E-state index in [0.29, 0.717) is 11.5 Å². The molecule has 23 heavy (non-hydrogen) atoms. The van der Waals surface area contributed by atoms with Crippen molar-refractivity contribution < 1.29 is 4.74 Å². The predicted molar refractivity (Wildman–Crippen MR) is 90.4 cm³/mol. The Morgan fingerprint density at radius 3 is 2.78 bits per heavy atom. The summed E-state index contributed by atoms with van der Waals surface area (Å²) in [4.78, 5) is 15.2. The van der Waals surface area contributed by atoms with E-state index in [1.165, 1.54) is 30.4 Å². The van der Waals surface area contributed by atoms with Crippen molar-refractivity contribution in [3.05, 3.63) is 47.8 Å². The van der Waals surface area contributed by atoms with Crippen molar-refractivity contribution >= 4 is 22.5 Å². The van der Waals surface area contributed by atoms with Crippen LogP contribution in [-0.2, 0) is 12.8 Å². The van der Waals surface area contributed by atoms with Gasteiger partial charge in [-0.15, -0.1) is 0 Å². The number of hydrogen-bond acceptors (Lipinski definition) is 5. The van der Waals surface area contributed by atoms with Crippen LogP contribution in [0.2, 0.25) is 0 Å². The van der Waals surface area contributed by atoms with Gasteiger partial charge in [0.1, 0.15) is 12.1 Å². The summed E-state index contributed by atoms with van der Waals surface area (Å²) >= 11 is 0. The second kappa shape index (κ2) is 5.50. The van der Waals surface area contributed by atoms with Crippen LogP contribution in [0, 0.1) is 0 Å². The van der Waals surface area contributed by atoms with Crippen LogP contribution in [0.4, 0.5) is 11.5 Å². The van der Waals surface area contributed by atoms with Gasteiger partial charge in [0.25, 0.3) is 0 Å². The van der Waals surface area contributed by atoms with Crippen LogP contribution in [-0.4, -0.2) is 29.1 Å². The maximum atomic E-state index is 5.17. The van der Waals surface area contributed by atoms with Crippen molar-refractivity contribution in [2.24, 2.45) is 0 Å². The maximum Gasteiger partial charge on any atom is 0.215 e. The van der Waals surface area contributed by atoms with Gasteiger partial charge >= 0.3 is 0 Å². The largest absolute Gasteiger partial charge is 0.481 e. The molecule has 2 heterocycles. The molecule has 1 aromatic carbocycles. The number of ether oxygens (including phenoxy) is 1. The Hall–Kier alpha value is -2.69. The Labute approximate surface area is 135 Å². The molecule has 0 atom stereocenters. The van der Waals surface area contributed by atoms with E-state index in [-0.39, 0.29) is 0 Å². The average molecular weight is 306 g/mol. The maximum absolute atomic E-state index is 5.17. The first-order chi connectivity index (χ1) is 11.3. The van der Waals surface area contributed by atoms with E-state index in [0.717, 1.165) is 16.9 Å². The van der Waals surface area contributed by atoms with Gasteiger partial charge in [0, 0.05) is 18.8 Å². The number of fused-ring (bicyclic) bond motifs is 2. The van der Waals surface area contributed by atoms with Crippen molar-refractivity contribution in [1.82, 2.24) is 15.0 Å². The molecule has 5 heteroatoms. The Bertz CT molecular complexity index is 878. The van der Waals surface area contributed by atoms with Crippen LogP contribution in [0.1, 0.15) is 17.5 Å². The normalized spacial score (nSPS) is 13.1. The van der Waals surface area contributed by atoms with E-state index >= 15 is 0 Å². The number of anilines is 2. The minimum Gasteiger partial charge on any atom is -0.481 e. The summed E-state index contributed by atoms with van der Waals surface area (Å²) in [6.45, 7) is 0. The van der Waals surface area contributed by atoms with E-state index in [1.54, 1.807) is 13.4 Å². The molecule has 4 rings (SSSR count). The minimum absolute atomic E-state index is 0.558. The number of aryl methyl sites for hydroxylation is 2. The third-order valence-electron chi connectivity index (χ3n) is 4.45. The van der Waals surface area contributed by atoms with Crippen molar-refractivity contribution in [2.75, 3.05) is 19.1 Å². The summed E-state index contributed by atoms with van der Waals surface area (Å²) in [5.41, 5.74) is 4.71. The summed E-state index contributed by atoms with van der Waals surface area (Å²) in [7, 11) is 3.63. The number of pyridine rings is 1. The Balaban J connectivity index is 1.79. The molecular formula is C18H18N4O. The van der Waals surface area contributed by atoms with E-state index in [9.17, 15) is 0 Å². The van der Waals surface area contributed by atoms with Crippen molar-refractivity contribution in [3.63, 3.8) is 0 Å². The summed E-state index contributed by atoms with van der Waals surface area (Å²) in [6.07, 6.45) is 5.16. The predicted octanol–water partition coefficient (Wildman–Crippen LogP) is 3.29. The first-order valence-electron chi connectivity index (χ1n) is 7.77. The Morgan fingerprint density at radius 1 is 1.04 bits per heavy atom. The molecule has 0 amide bonds. The highest BCUT2D eigenvalue weighted by atomic mass is 16.5. The molecule has 116 valence electrons. The zero-order valence-corrected chi connectivity index (χ0v) is 13.3. The third-order valence-corrected chi connectivity index (χ3v) is 4.45. The van der Waals surface area contributed by atoms with Crippen molar-refractivity contribution in [3.8, 4) is 5.88 Å². The molecule has 2 aromatic heterocycles. The fourth-order valence-corrected chi connectivity index (χ4v) is 3.18.